The van der Waals surface area contributed by atoms with Crippen molar-refractivity contribution >= 4 is 0 Å². The van der Waals surface area contributed by atoms with Crippen LogP contribution < -0.4 is 0 Å². The molecule has 0 radical (unpaired) electrons. The van der Waals surface area contributed by atoms with Crippen LogP contribution in [0.4, 0.5) is 0 Å². The van der Waals surface area contributed by atoms with E-state index in [1.165, 1.54) is 0 Å². The molecule has 0 bridgehead atoms. The molecule has 4 N–H and O–H groups in total. The molecule has 32 valence electrons. The topological polar surface area (TPSA) is 120 Å². The second-order valence-electron chi connectivity index (χ2n) is 0. The van der Waals surface area contributed by atoms with Gasteiger partial charge < -0.3 is 21.9 Å². The molecule has 0 spiro atoms. The predicted molar refractivity (Wildman–Crippen MR) is 7.74 cm³/mol. The minimum Gasteiger partial charge on any atom is -0.870 e. The largest absolute Gasteiger partial charge is 4.00 e. The van der Waals surface area contributed by atoms with E-state index in [-0.39, 0.29) is 61.8 Å². The Morgan fingerprint density at radius 3 is 0.400 bits per heavy atom. The van der Waals surface area contributed by atoms with Gasteiger partial charge in [0.2, 0.25) is 0 Å². The third-order valence-corrected chi connectivity index (χ3v) is 0. The van der Waals surface area contributed by atoms with Crippen LogP contribution in [0.2, 0.25) is 0 Å². The van der Waals surface area contributed by atoms with Gasteiger partial charge >= 0.3 is 39.9 Å². The molecule has 5 heteroatoms. The normalized spacial score (nSPS) is 0. The second kappa shape index (κ2) is 66.0. The molecular formula is H4O4Th. The molecule has 0 aromatic rings. The van der Waals surface area contributed by atoms with Crippen molar-refractivity contribution in [2.24, 2.45) is 0 Å². The minimum atomic E-state index is 0. The first kappa shape index (κ1) is 121. The summed E-state index contributed by atoms with van der Waals surface area (Å²) in [5.41, 5.74) is 0. The van der Waals surface area contributed by atoms with E-state index in [0.29, 0.717) is 0 Å². The zero-order valence-corrected chi connectivity index (χ0v) is 6.40. The van der Waals surface area contributed by atoms with Crippen molar-refractivity contribution in [2.45, 2.75) is 0 Å². The predicted octanol–water partition coefficient (Wildman–Crippen LogP) is -0.707. The summed E-state index contributed by atoms with van der Waals surface area (Å²) >= 11 is 0. The van der Waals surface area contributed by atoms with E-state index in [1.54, 1.807) is 0 Å². The van der Waals surface area contributed by atoms with Gasteiger partial charge in [-0.25, -0.2) is 0 Å². The fraction of sp³-hybridized carbons (Fsp3) is 0. The van der Waals surface area contributed by atoms with Gasteiger partial charge in [-0.15, -0.1) is 0 Å². The minimum absolute atomic E-state index is 0. The van der Waals surface area contributed by atoms with Crippen LogP contribution in [0, 0.1) is 39.9 Å². The molecule has 0 aromatic heterocycles. The van der Waals surface area contributed by atoms with Crippen molar-refractivity contribution < 1.29 is 61.8 Å². The van der Waals surface area contributed by atoms with Crippen LogP contribution in [0.5, 0.6) is 0 Å². The van der Waals surface area contributed by atoms with Gasteiger partial charge in [0.1, 0.15) is 0 Å². The Kier molecular flexibility index (Phi) is 1600. The maximum atomic E-state index is 0. The van der Waals surface area contributed by atoms with Gasteiger partial charge in [0.05, 0.1) is 0 Å². The molecular weight excluding hydrogens is 292 g/mol. The quantitative estimate of drug-likeness (QED) is 0.586. The van der Waals surface area contributed by atoms with Crippen LogP contribution in [0.15, 0.2) is 0 Å². The van der Waals surface area contributed by atoms with Crippen LogP contribution in [-0.2, 0) is 0 Å². The number of rotatable bonds is 0. The van der Waals surface area contributed by atoms with Crippen LogP contribution in [0.1, 0.15) is 0 Å². The summed E-state index contributed by atoms with van der Waals surface area (Å²) in [6, 6.07) is 0. The Morgan fingerprint density at radius 2 is 0.400 bits per heavy atom. The molecule has 0 aliphatic carbocycles. The molecule has 0 amide bonds. The summed E-state index contributed by atoms with van der Waals surface area (Å²) in [7, 11) is 0. The van der Waals surface area contributed by atoms with Gasteiger partial charge in [-0.1, -0.05) is 0 Å². The Balaban J connectivity index is 0. The zero-order chi connectivity index (χ0) is 0. The molecule has 0 aliphatic rings. The average molecular weight is 296 g/mol. The third kappa shape index (κ3) is 38.1. The van der Waals surface area contributed by atoms with E-state index >= 15 is 0 Å². The standard InChI is InChI=1S/4H2O.Th/h4*1H2;/q;;;;+4/p-4/i;;;;1-4. The number of hydrogen-bond donors (Lipinski definition) is 0. The summed E-state index contributed by atoms with van der Waals surface area (Å²) in [6.45, 7) is 0. The molecule has 0 atom stereocenters. The summed E-state index contributed by atoms with van der Waals surface area (Å²) in [6.07, 6.45) is 0. The molecule has 0 aromatic carbocycles. The van der Waals surface area contributed by atoms with Gasteiger partial charge in [0, 0.05) is 0 Å². The first-order valence-corrected chi connectivity index (χ1v) is 0. The van der Waals surface area contributed by atoms with E-state index in [0.717, 1.165) is 0 Å². The van der Waals surface area contributed by atoms with Crippen LogP contribution in [0.25, 0.3) is 0 Å². The monoisotopic (exact) mass is 296 g/mol. The SMILES string of the molecule is [228Th+4].[OH-].[OH-].[OH-].[OH-]. The molecule has 0 aliphatic heterocycles. The van der Waals surface area contributed by atoms with Crippen LogP contribution in [0.3, 0.4) is 0 Å². The van der Waals surface area contributed by atoms with Gasteiger partial charge in [-0.3, -0.25) is 0 Å². The molecule has 0 saturated carbocycles. The summed E-state index contributed by atoms with van der Waals surface area (Å²) in [4.78, 5) is 0. The molecule has 0 unspecified atom stereocenters. The second-order valence-corrected chi connectivity index (χ2v) is 0. The van der Waals surface area contributed by atoms with E-state index < -0.39 is 0 Å². The maximum absolute atomic E-state index is 0. The summed E-state index contributed by atoms with van der Waals surface area (Å²) in [5, 5.41) is 0. The third-order valence-electron chi connectivity index (χ3n) is 0. The van der Waals surface area contributed by atoms with E-state index in [9.17, 15) is 0 Å². The first-order chi connectivity index (χ1) is 0. The molecule has 0 saturated heterocycles. The van der Waals surface area contributed by atoms with Gasteiger partial charge in [-0.2, -0.15) is 0 Å². The summed E-state index contributed by atoms with van der Waals surface area (Å²) < 4.78 is 0. The fourth-order valence-corrected chi connectivity index (χ4v) is 0. The maximum Gasteiger partial charge on any atom is 4.00 e. The van der Waals surface area contributed by atoms with Crippen LogP contribution >= 0.6 is 0 Å². The van der Waals surface area contributed by atoms with Crippen molar-refractivity contribution in [3.8, 4) is 0 Å². The van der Waals surface area contributed by atoms with Gasteiger partial charge in [-0.05, 0) is 0 Å². The number of hydrogen-bond acceptors (Lipinski definition) is 4. The smallest absolute Gasteiger partial charge is 0.870 e. The zero-order valence-electron chi connectivity index (χ0n) is 2.29. The first-order valence-electron chi connectivity index (χ1n) is 0. The molecule has 5 heavy (non-hydrogen) atoms. The van der Waals surface area contributed by atoms with Gasteiger partial charge in [0.15, 0.2) is 0 Å². The Labute approximate surface area is 61.5 Å². The molecule has 0 rings (SSSR count). The Bertz CT molecular complexity index is 3.61. The van der Waals surface area contributed by atoms with Crippen LogP contribution in [-0.4, -0.2) is 21.9 Å². The van der Waals surface area contributed by atoms with E-state index in [2.05, 4.69) is 0 Å². The van der Waals surface area contributed by atoms with Crippen molar-refractivity contribution in [1.82, 2.24) is 0 Å². The van der Waals surface area contributed by atoms with E-state index in [4.69, 9.17) is 0 Å². The molecule has 0 heterocycles. The average Bonchev–Trinajstić information content (AvgIpc) is 0. The van der Waals surface area contributed by atoms with Gasteiger partial charge in [0.25, 0.3) is 0 Å². The molecule has 4 nitrogen and oxygen atoms in total. The molecule has 0 fully saturated rings. The van der Waals surface area contributed by atoms with Crippen molar-refractivity contribution in [2.75, 3.05) is 0 Å². The Morgan fingerprint density at radius 1 is 0.400 bits per heavy atom. The Hall–Kier alpha value is 1.16. The van der Waals surface area contributed by atoms with E-state index in [1.807, 2.05) is 0 Å². The summed E-state index contributed by atoms with van der Waals surface area (Å²) in [5.74, 6) is 0. The van der Waals surface area contributed by atoms with Crippen molar-refractivity contribution in [1.29, 1.82) is 0 Å². The van der Waals surface area contributed by atoms with Crippen molar-refractivity contribution in [3.63, 3.8) is 0 Å². The fourth-order valence-electron chi connectivity index (χ4n) is 0. The van der Waals surface area contributed by atoms with Crippen molar-refractivity contribution in [3.05, 3.63) is 0 Å².